The number of methoxy groups -OCH3 is 2. The molecule has 264 valence electrons. The van der Waals surface area contributed by atoms with Gasteiger partial charge in [-0.1, -0.05) is 66.7 Å². The second kappa shape index (κ2) is 14.5. The number of hydrogen-bond donors (Lipinski definition) is 0. The highest BCUT2D eigenvalue weighted by Crippen LogP contribution is 2.40. The number of hydrogen-bond acceptors (Lipinski definition) is 9. The van der Waals surface area contributed by atoms with Crippen LogP contribution in [0, 0.1) is 0 Å². The Labute approximate surface area is 293 Å². The van der Waals surface area contributed by atoms with Crippen LogP contribution in [0.5, 0.6) is 11.5 Å². The van der Waals surface area contributed by atoms with Crippen molar-refractivity contribution < 1.29 is 27.4 Å². The molecule has 1 amide bonds. The Balaban J connectivity index is 1.29. The fourth-order valence-electron chi connectivity index (χ4n) is 7.51. The molecular formula is C37H37F3N8O3. The lowest BCUT2D eigenvalue weighted by atomic mass is 9.81. The molecule has 0 bridgehead atoms. The molecule has 0 aliphatic carbocycles. The average molecular weight is 699 g/mol. The molecule has 2 aliphatic rings. The summed E-state index contributed by atoms with van der Waals surface area (Å²) >= 11 is 0. The topological polar surface area (TPSA) is 102 Å². The van der Waals surface area contributed by atoms with E-state index < -0.39 is 12.0 Å². The van der Waals surface area contributed by atoms with E-state index in [0.717, 1.165) is 11.1 Å². The summed E-state index contributed by atoms with van der Waals surface area (Å²) in [7, 11) is 2.92. The highest BCUT2D eigenvalue weighted by Gasteiger charge is 2.44. The van der Waals surface area contributed by atoms with Crippen LogP contribution in [0.3, 0.4) is 0 Å². The third kappa shape index (κ3) is 6.88. The number of benzene rings is 3. The lowest BCUT2D eigenvalue weighted by molar-refractivity contribution is -0.146. The summed E-state index contributed by atoms with van der Waals surface area (Å²) in [5.41, 5.74) is 3.32. The molecule has 14 heteroatoms. The Morgan fingerprint density at radius 3 is 2.20 bits per heavy atom. The molecule has 51 heavy (non-hydrogen) atoms. The predicted molar refractivity (Wildman–Crippen MR) is 182 cm³/mol. The van der Waals surface area contributed by atoms with Crippen molar-refractivity contribution in [2.75, 3.05) is 46.9 Å². The molecule has 2 fully saturated rings. The number of carbonyl (C=O) groups is 1. The van der Waals surface area contributed by atoms with Gasteiger partial charge in [0, 0.05) is 63.5 Å². The van der Waals surface area contributed by atoms with Gasteiger partial charge in [-0.25, -0.2) is 0 Å². The van der Waals surface area contributed by atoms with E-state index in [1.807, 2.05) is 41.3 Å². The number of carbonyl (C=O) groups excluding carboxylic acids is 1. The van der Waals surface area contributed by atoms with Crippen molar-refractivity contribution in [3.63, 3.8) is 0 Å². The molecule has 2 saturated heterocycles. The van der Waals surface area contributed by atoms with Gasteiger partial charge in [-0.2, -0.15) is 17.9 Å². The second-order valence-corrected chi connectivity index (χ2v) is 12.6. The van der Waals surface area contributed by atoms with E-state index in [2.05, 4.69) is 54.6 Å². The summed E-state index contributed by atoms with van der Waals surface area (Å²) in [6.07, 6.45) is -3.17. The van der Waals surface area contributed by atoms with E-state index in [0.29, 0.717) is 54.4 Å². The molecule has 7 rings (SSSR count). The third-order valence-electron chi connectivity index (χ3n) is 9.70. The second-order valence-electron chi connectivity index (χ2n) is 12.6. The number of alkyl halides is 3. The van der Waals surface area contributed by atoms with Gasteiger partial charge in [-0.3, -0.25) is 19.6 Å². The first kappa shape index (κ1) is 34.1. The number of ether oxygens (including phenoxy) is 2. The minimum Gasteiger partial charge on any atom is -0.496 e. The van der Waals surface area contributed by atoms with Crippen molar-refractivity contribution in [2.45, 2.75) is 30.7 Å². The first-order valence-electron chi connectivity index (χ1n) is 16.6. The number of nitrogens with zero attached hydrogens (tertiary/aromatic N) is 8. The van der Waals surface area contributed by atoms with Gasteiger partial charge in [-0.05, 0) is 45.8 Å². The zero-order valence-corrected chi connectivity index (χ0v) is 28.1. The summed E-state index contributed by atoms with van der Waals surface area (Å²) in [5.74, 6) is -0.774. The zero-order valence-electron chi connectivity index (χ0n) is 28.1. The van der Waals surface area contributed by atoms with Crippen LogP contribution in [0.15, 0.2) is 97.2 Å². The summed E-state index contributed by atoms with van der Waals surface area (Å²) < 4.78 is 53.9. The summed E-state index contributed by atoms with van der Waals surface area (Å²) in [4.78, 5) is 24.6. The molecule has 0 N–H and O–H groups in total. The van der Waals surface area contributed by atoms with Crippen LogP contribution in [-0.2, 0) is 12.7 Å². The van der Waals surface area contributed by atoms with E-state index in [4.69, 9.17) is 9.47 Å². The predicted octanol–water partition coefficient (Wildman–Crippen LogP) is 4.94. The normalized spacial score (nSPS) is 18.4. The molecule has 0 spiro atoms. The Kier molecular flexibility index (Phi) is 9.69. The molecule has 3 aromatic carbocycles. The lowest BCUT2D eigenvalue weighted by Crippen LogP contribution is -2.67. The highest BCUT2D eigenvalue weighted by atomic mass is 19.4. The van der Waals surface area contributed by atoms with E-state index in [9.17, 15) is 18.0 Å². The smallest absolute Gasteiger partial charge is 0.453 e. The van der Waals surface area contributed by atoms with E-state index >= 15 is 0 Å². The van der Waals surface area contributed by atoms with Crippen LogP contribution in [0.25, 0.3) is 5.69 Å². The van der Waals surface area contributed by atoms with Gasteiger partial charge in [0.25, 0.3) is 11.7 Å². The first-order valence-corrected chi connectivity index (χ1v) is 16.6. The lowest BCUT2D eigenvalue weighted by Gasteiger charge is -2.53. The highest BCUT2D eigenvalue weighted by molar-refractivity contribution is 5.92. The van der Waals surface area contributed by atoms with Crippen LogP contribution in [-0.4, -0.2) is 105 Å². The summed E-state index contributed by atoms with van der Waals surface area (Å²) in [6.45, 7) is 3.18. The maximum atomic E-state index is 13.9. The SMILES string of the molecule is COc1ccc(-n2nnnc2C(F)(F)F)c(OC)c1CN1CC(C(c2ccccc2)c2ccccc2)N2CCN(C(=O)c3ccccn3)C[C@H]2C1. The van der Waals surface area contributed by atoms with Gasteiger partial charge in [0.05, 0.1) is 19.8 Å². The number of tetrazole rings is 1. The van der Waals surface area contributed by atoms with Gasteiger partial charge in [0.1, 0.15) is 17.1 Å². The van der Waals surface area contributed by atoms with Gasteiger partial charge >= 0.3 is 6.18 Å². The molecule has 1 unspecified atom stereocenters. The van der Waals surface area contributed by atoms with Crippen molar-refractivity contribution >= 4 is 5.91 Å². The Morgan fingerprint density at radius 1 is 0.863 bits per heavy atom. The number of pyridine rings is 1. The van der Waals surface area contributed by atoms with Crippen LogP contribution in [0.1, 0.15) is 38.9 Å². The molecule has 2 aromatic heterocycles. The Bertz CT molecular complexity index is 1910. The standard InChI is InChI=1S/C37H37F3N8O3/c1-50-32-17-16-30(48-36(37(38,39)40)42-43-44-48)34(51-2)28(32)23-45-21-27-22-46(35(49)29-15-9-10-18-41-29)19-20-47(27)31(24-45)33(25-11-5-3-6-12-25)26-13-7-4-8-14-26/h3-18,27,31,33H,19-24H2,1-2H3/t27-,31?/m1/s1. The molecule has 0 radical (unpaired) electrons. The van der Waals surface area contributed by atoms with E-state index in [-0.39, 0.29) is 41.9 Å². The van der Waals surface area contributed by atoms with Crippen molar-refractivity contribution in [1.29, 1.82) is 0 Å². The van der Waals surface area contributed by atoms with Crippen molar-refractivity contribution in [2.24, 2.45) is 0 Å². The number of halogens is 3. The van der Waals surface area contributed by atoms with Crippen LogP contribution >= 0.6 is 0 Å². The molecule has 2 atom stereocenters. The van der Waals surface area contributed by atoms with Gasteiger partial charge < -0.3 is 14.4 Å². The molecule has 5 aromatic rings. The summed E-state index contributed by atoms with van der Waals surface area (Å²) in [6, 6.07) is 29.1. The Hall–Kier alpha value is -5.34. The molecular weight excluding hydrogens is 661 g/mol. The number of piperazine rings is 2. The molecule has 0 saturated carbocycles. The third-order valence-corrected chi connectivity index (χ3v) is 9.70. The fourth-order valence-corrected chi connectivity index (χ4v) is 7.51. The number of fused-ring (bicyclic) bond motifs is 1. The number of rotatable bonds is 9. The Morgan fingerprint density at radius 2 is 1.57 bits per heavy atom. The van der Waals surface area contributed by atoms with E-state index in [1.165, 1.54) is 20.3 Å². The minimum atomic E-state index is -4.79. The van der Waals surface area contributed by atoms with Gasteiger partial charge in [0.2, 0.25) is 0 Å². The average Bonchev–Trinajstić information content (AvgIpc) is 3.67. The van der Waals surface area contributed by atoms with Crippen LogP contribution < -0.4 is 9.47 Å². The van der Waals surface area contributed by atoms with Gasteiger partial charge in [-0.15, -0.1) is 5.10 Å². The van der Waals surface area contributed by atoms with Crippen molar-refractivity contribution in [3.05, 3.63) is 125 Å². The minimum absolute atomic E-state index is 0.0126. The van der Waals surface area contributed by atoms with Crippen LogP contribution in [0.4, 0.5) is 13.2 Å². The van der Waals surface area contributed by atoms with Gasteiger partial charge in [0.15, 0.2) is 5.75 Å². The fraction of sp³-hybridized carbons (Fsp3) is 0.324. The van der Waals surface area contributed by atoms with Crippen molar-refractivity contribution in [1.82, 2.24) is 39.9 Å². The summed E-state index contributed by atoms with van der Waals surface area (Å²) in [5, 5.41) is 10.2. The monoisotopic (exact) mass is 698 g/mol. The largest absolute Gasteiger partial charge is 0.496 e. The van der Waals surface area contributed by atoms with Crippen LogP contribution in [0.2, 0.25) is 0 Å². The van der Waals surface area contributed by atoms with E-state index in [1.54, 1.807) is 30.5 Å². The molecule has 4 heterocycles. The quantitative estimate of drug-likeness (QED) is 0.212. The maximum absolute atomic E-state index is 13.9. The zero-order chi connectivity index (χ0) is 35.5. The first-order chi connectivity index (χ1) is 24.8. The van der Waals surface area contributed by atoms with Crippen molar-refractivity contribution in [3.8, 4) is 17.2 Å². The number of aromatic nitrogens is 5. The maximum Gasteiger partial charge on any atom is 0.453 e. The number of amides is 1. The molecule has 11 nitrogen and oxygen atoms in total. The molecule has 2 aliphatic heterocycles.